The molecule has 0 fully saturated rings. The van der Waals surface area contributed by atoms with Gasteiger partial charge in [0.25, 0.3) is 0 Å². The molecule has 0 rings (SSSR count). The number of primary amides is 1. The van der Waals surface area contributed by atoms with Crippen LogP contribution in [0, 0.1) is 0 Å². The van der Waals surface area contributed by atoms with Crippen molar-refractivity contribution < 1.29 is 9.59 Å². The van der Waals surface area contributed by atoms with E-state index in [1.165, 1.54) is 38.5 Å². The Labute approximate surface area is 98.8 Å². The summed E-state index contributed by atoms with van der Waals surface area (Å²) in [6, 6.07) is 0. The average molecular weight is 227 g/mol. The van der Waals surface area contributed by atoms with Gasteiger partial charge >= 0.3 is 0 Å². The van der Waals surface area contributed by atoms with Crippen molar-refractivity contribution in [3.05, 3.63) is 0 Å². The zero-order chi connectivity index (χ0) is 12.2. The Kier molecular flexibility index (Phi) is 10.1. The van der Waals surface area contributed by atoms with Gasteiger partial charge in [0.2, 0.25) is 5.91 Å². The molecule has 3 heteroatoms. The number of rotatable bonds is 11. The third-order valence-electron chi connectivity index (χ3n) is 2.68. The molecule has 0 heterocycles. The van der Waals surface area contributed by atoms with E-state index in [0.29, 0.717) is 6.42 Å². The molecule has 0 aliphatic carbocycles. The lowest BCUT2D eigenvalue weighted by atomic mass is 10.1. The highest BCUT2D eigenvalue weighted by molar-refractivity contribution is 5.97. The van der Waals surface area contributed by atoms with Crippen LogP contribution in [0.3, 0.4) is 0 Å². The van der Waals surface area contributed by atoms with Crippen LogP contribution >= 0.6 is 0 Å². The van der Waals surface area contributed by atoms with Crippen molar-refractivity contribution in [2.24, 2.45) is 5.73 Å². The largest absolute Gasteiger partial charge is 0.369 e. The number of ketones is 1. The second kappa shape index (κ2) is 10.7. The van der Waals surface area contributed by atoms with Crippen LogP contribution in [-0.4, -0.2) is 11.7 Å². The fourth-order valence-electron chi connectivity index (χ4n) is 1.74. The van der Waals surface area contributed by atoms with Gasteiger partial charge in [-0.25, -0.2) is 0 Å². The Morgan fingerprint density at radius 2 is 1.38 bits per heavy atom. The number of carbonyl (C=O) groups is 2. The van der Waals surface area contributed by atoms with Crippen LogP contribution in [0.1, 0.15) is 71.1 Å². The van der Waals surface area contributed by atoms with Gasteiger partial charge in [0.05, 0.1) is 6.42 Å². The van der Waals surface area contributed by atoms with E-state index in [1.807, 2.05) is 0 Å². The van der Waals surface area contributed by atoms with Crippen LogP contribution in [0.15, 0.2) is 0 Å². The Morgan fingerprint density at radius 1 is 0.875 bits per heavy atom. The highest BCUT2D eigenvalue weighted by Gasteiger charge is 2.04. The fraction of sp³-hybridized carbons (Fsp3) is 0.846. The molecule has 0 spiro atoms. The van der Waals surface area contributed by atoms with E-state index in [9.17, 15) is 9.59 Å². The molecule has 0 aliphatic heterocycles. The van der Waals surface area contributed by atoms with Crippen LogP contribution in [0.5, 0.6) is 0 Å². The highest BCUT2D eigenvalue weighted by atomic mass is 16.2. The molecule has 2 N–H and O–H groups in total. The molecule has 0 aromatic carbocycles. The SMILES string of the molecule is CCCCCCCCCCC(=O)CC(N)=O. The van der Waals surface area contributed by atoms with Gasteiger partial charge in [0, 0.05) is 6.42 Å². The molecule has 0 aliphatic rings. The van der Waals surface area contributed by atoms with Crippen LogP contribution < -0.4 is 5.73 Å². The van der Waals surface area contributed by atoms with Gasteiger partial charge in [-0.1, -0.05) is 51.9 Å². The average Bonchev–Trinajstić information content (AvgIpc) is 2.21. The second-order valence-corrected chi connectivity index (χ2v) is 4.41. The zero-order valence-corrected chi connectivity index (χ0v) is 10.5. The molecule has 0 saturated carbocycles. The summed E-state index contributed by atoms with van der Waals surface area (Å²) in [7, 11) is 0. The van der Waals surface area contributed by atoms with Gasteiger partial charge in [-0.15, -0.1) is 0 Å². The molecular weight excluding hydrogens is 202 g/mol. The standard InChI is InChI=1S/C13H25NO2/c1-2-3-4-5-6-7-8-9-10-12(15)11-13(14)16/h2-11H2,1H3,(H2,14,16). The van der Waals surface area contributed by atoms with Crippen LogP contribution in [0.25, 0.3) is 0 Å². The Bertz CT molecular complexity index is 202. The van der Waals surface area contributed by atoms with Gasteiger partial charge in [-0.3, -0.25) is 9.59 Å². The van der Waals surface area contributed by atoms with E-state index in [0.717, 1.165) is 12.8 Å². The van der Waals surface area contributed by atoms with Gasteiger partial charge in [-0.05, 0) is 6.42 Å². The van der Waals surface area contributed by atoms with E-state index < -0.39 is 5.91 Å². The number of unbranched alkanes of at least 4 members (excludes halogenated alkanes) is 7. The lowest BCUT2D eigenvalue weighted by Gasteiger charge is -2.01. The molecule has 0 unspecified atom stereocenters. The summed E-state index contributed by atoms with van der Waals surface area (Å²) in [5, 5.41) is 0. The van der Waals surface area contributed by atoms with Crippen LogP contribution in [0.4, 0.5) is 0 Å². The number of nitrogens with two attached hydrogens (primary N) is 1. The quantitative estimate of drug-likeness (QED) is 0.436. The summed E-state index contributed by atoms with van der Waals surface area (Å²) in [5.41, 5.74) is 4.93. The van der Waals surface area contributed by atoms with E-state index in [4.69, 9.17) is 5.73 Å². The molecule has 94 valence electrons. The number of hydrogen-bond acceptors (Lipinski definition) is 2. The topological polar surface area (TPSA) is 60.2 Å². The lowest BCUT2D eigenvalue weighted by Crippen LogP contribution is -2.15. The minimum atomic E-state index is -0.510. The Morgan fingerprint density at radius 3 is 1.88 bits per heavy atom. The van der Waals surface area contributed by atoms with Crippen molar-refractivity contribution in [1.82, 2.24) is 0 Å². The predicted octanol–water partition coefficient (Wildman–Crippen LogP) is 2.96. The molecule has 0 aromatic heterocycles. The normalized spacial score (nSPS) is 10.3. The molecular formula is C13H25NO2. The van der Waals surface area contributed by atoms with Crippen molar-refractivity contribution in [1.29, 1.82) is 0 Å². The first-order valence-corrected chi connectivity index (χ1v) is 6.46. The van der Waals surface area contributed by atoms with Crippen molar-refractivity contribution >= 4 is 11.7 Å². The number of hydrogen-bond donors (Lipinski definition) is 1. The van der Waals surface area contributed by atoms with E-state index in [2.05, 4.69) is 6.92 Å². The minimum absolute atomic E-state index is 0.0153. The molecule has 0 aromatic rings. The highest BCUT2D eigenvalue weighted by Crippen LogP contribution is 2.09. The minimum Gasteiger partial charge on any atom is -0.369 e. The van der Waals surface area contributed by atoms with Crippen molar-refractivity contribution in [3.63, 3.8) is 0 Å². The summed E-state index contributed by atoms with van der Waals surface area (Å²) < 4.78 is 0. The fourth-order valence-corrected chi connectivity index (χ4v) is 1.74. The molecule has 1 amide bonds. The lowest BCUT2D eigenvalue weighted by molar-refractivity contribution is -0.126. The first kappa shape index (κ1) is 15.1. The summed E-state index contributed by atoms with van der Waals surface area (Å²) in [5.74, 6) is -0.525. The third-order valence-corrected chi connectivity index (χ3v) is 2.68. The smallest absolute Gasteiger partial charge is 0.224 e. The second-order valence-electron chi connectivity index (χ2n) is 4.41. The number of Topliss-reactive ketones (excluding diaryl/α,β-unsaturated/α-hetero) is 1. The molecule has 0 saturated heterocycles. The van der Waals surface area contributed by atoms with Crippen molar-refractivity contribution in [2.75, 3.05) is 0 Å². The van der Waals surface area contributed by atoms with Crippen molar-refractivity contribution in [2.45, 2.75) is 71.1 Å². The Balaban J connectivity index is 3.14. The summed E-state index contributed by atoms with van der Waals surface area (Å²) >= 11 is 0. The van der Waals surface area contributed by atoms with E-state index in [1.54, 1.807) is 0 Å². The first-order valence-electron chi connectivity index (χ1n) is 6.46. The number of amides is 1. The monoisotopic (exact) mass is 227 g/mol. The maximum atomic E-state index is 11.1. The molecule has 16 heavy (non-hydrogen) atoms. The predicted molar refractivity (Wildman–Crippen MR) is 66.0 cm³/mol. The summed E-state index contributed by atoms with van der Waals surface area (Å²) in [4.78, 5) is 21.6. The van der Waals surface area contributed by atoms with Gasteiger partial charge in [0.15, 0.2) is 0 Å². The first-order chi connectivity index (χ1) is 7.66. The van der Waals surface area contributed by atoms with Gasteiger partial charge in [0.1, 0.15) is 5.78 Å². The van der Waals surface area contributed by atoms with Crippen LogP contribution in [0.2, 0.25) is 0 Å². The van der Waals surface area contributed by atoms with E-state index >= 15 is 0 Å². The Hall–Kier alpha value is -0.860. The van der Waals surface area contributed by atoms with Gasteiger partial charge < -0.3 is 5.73 Å². The third kappa shape index (κ3) is 11.2. The molecule has 0 atom stereocenters. The number of carbonyl (C=O) groups excluding carboxylic acids is 2. The summed E-state index contributed by atoms with van der Waals surface area (Å²) in [6.45, 7) is 2.21. The van der Waals surface area contributed by atoms with Crippen LogP contribution in [-0.2, 0) is 9.59 Å². The van der Waals surface area contributed by atoms with Gasteiger partial charge in [-0.2, -0.15) is 0 Å². The summed E-state index contributed by atoms with van der Waals surface area (Å²) in [6.07, 6.45) is 10.1. The maximum Gasteiger partial charge on any atom is 0.224 e. The maximum absolute atomic E-state index is 11.1. The van der Waals surface area contributed by atoms with E-state index in [-0.39, 0.29) is 12.2 Å². The molecule has 3 nitrogen and oxygen atoms in total. The zero-order valence-electron chi connectivity index (χ0n) is 10.5. The molecule has 0 radical (unpaired) electrons. The molecule has 0 bridgehead atoms. The van der Waals surface area contributed by atoms with Crippen molar-refractivity contribution in [3.8, 4) is 0 Å².